The van der Waals surface area contributed by atoms with Crippen molar-refractivity contribution < 1.29 is 64.6 Å². The van der Waals surface area contributed by atoms with Gasteiger partial charge in [-0.3, -0.25) is 4.79 Å². The molecule has 0 aromatic carbocycles. The summed E-state index contributed by atoms with van der Waals surface area (Å²) < 4.78 is 22.9. The Labute approximate surface area is 512 Å². The molecule has 494 valence electrons. The van der Waals surface area contributed by atoms with Crippen LogP contribution in [0.15, 0.2) is 36.5 Å². The van der Waals surface area contributed by atoms with E-state index in [0.29, 0.717) is 6.42 Å². The van der Waals surface area contributed by atoms with Crippen LogP contribution in [0.2, 0.25) is 0 Å². The molecule has 0 radical (unpaired) electrons. The lowest BCUT2D eigenvalue weighted by Gasteiger charge is -2.46. The van der Waals surface area contributed by atoms with Crippen molar-refractivity contribution in [1.82, 2.24) is 5.32 Å². The molecular formula is C70H131NO13. The summed E-state index contributed by atoms with van der Waals surface area (Å²) >= 11 is 0. The van der Waals surface area contributed by atoms with Gasteiger partial charge in [-0.25, -0.2) is 0 Å². The lowest BCUT2D eigenvalue weighted by atomic mass is 9.97. The van der Waals surface area contributed by atoms with Crippen molar-refractivity contribution >= 4 is 5.91 Å². The predicted octanol–water partition coefficient (Wildman–Crippen LogP) is 14.1. The van der Waals surface area contributed by atoms with Crippen molar-refractivity contribution in [3.63, 3.8) is 0 Å². The van der Waals surface area contributed by atoms with E-state index < -0.39 is 86.8 Å². The number of ether oxygens (including phenoxy) is 4. The Kier molecular flexibility index (Phi) is 51.5. The van der Waals surface area contributed by atoms with Gasteiger partial charge in [-0.15, -0.1) is 0 Å². The summed E-state index contributed by atoms with van der Waals surface area (Å²) in [6, 6.07) is -0.916. The number of amides is 1. The Hall–Kier alpha value is -1.79. The van der Waals surface area contributed by atoms with E-state index in [9.17, 15) is 45.6 Å². The minimum Gasteiger partial charge on any atom is -0.394 e. The standard InChI is InChI=1S/C70H131NO13/c1-3-5-7-9-11-13-15-17-19-21-23-25-27-29-31-33-35-37-39-41-43-45-47-49-51-53-59(74)58(57-81-69-67(80)65(78)68(61(56-73)83-69)84-70-66(79)64(77)63(76)60(55-72)82-70)71-62(75)54-52-50-48-46-44-42-40-38-36-34-32-30-28-26-24-22-20-18-16-14-12-10-8-6-4-2/h16,18,22,24,51,53,58-61,63-70,72-74,76-80H,3-15,17,19-21,23,25-50,52,54-57H2,1-2H3,(H,71,75)/b18-16-,24-22-,53-51+. The van der Waals surface area contributed by atoms with Gasteiger partial charge in [0.05, 0.1) is 32.0 Å². The number of aliphatic hydroxyl groups is 8. The second-order valence-electron chi connectivity index (χ2n) is 25.0. The minimum atomic E-state index is -1.79. The first-order chi connectivity index (χ1) is 41.1. The zero-order chi connectivity index (χ0) is 60.9. The van der Waals surface area contributed by atoms with Crippen LogP contribution in [0.5, 0.6) is 0 Å². The zero-order valence-electron chi connectivity index (χ0n) is 53.7. The number of carbonyl (C=O) groups excluding carboxylic acids is 1. The lowest BCUT2D eigenvalue weighted by molar-refractivity contribution is -0.359. The number of hydrogen-bond donors (Lipinski definition) is 9. The Morgan fingerprint density at radius 3 is 1.19 bits per heavy atom. The fourth-order valence-corrected chi connectivity index (χ4v) is 11.7. The fraction of sp³-hybridized carbons (Fsp3) is 0.900. The summed E-state index contributed by atoms with van der Waals surface area (Å²) in [5.74, 6) is -0.236. The Balaban J connectivity index is 1.69. The number of carbonyl (C=O) groups is 1. The first-order valence-corrected chi connectivity index (χ1v) is 35.2. The molecule has 12 atom stereocenters. The molecular weight excluding hydrogens is 1060 g/mol. The Bertz CT molecular complexity index is 1550. The van der Waals surface area contributed by atoms with E-state index in [2.05, 4.69) is 43.5 Å². The summed E-state index contributed by atoms with van der Waals surface area (Å²) in [6.45, 7) is 2.83. The van der Waals surface area contributed by atoms with Gasteiger partial charge in [0.25, 0.3) is 0 Å². The number of aliphatic hydroxyl groups excluding tert-OH is 8. The molecule has 14 heteroatoms. The highest BCUT2D eigenvalue weighted by atomic mass is 16.7. The molecule has 2 saturated heterocycles. The van der Waals surface area contributed by atoms with Gasteiger partial charge in [0, 0.05) is 6.42 Å². The van der Waals surface area contributed by atoms with Crippen LogP contribution in [0, 0.1) is 0 Å². The molecule has 0 aromatic heterocycles. The van der Waals surface area contributed by atoms with Crippen molar-refractivity contribution in [2.45, 2.75) is 383 Å². The van der Waals surface area contributed by atoms with Gasteiger partial charge in [0.2, 0.25) is 5.91 Å². The number of rotatable bonds is 58. The highest BCUT2D eigenvalue weighted by Gasteiger charge is 2.51. The van der Waals surface area contributed by atoms with Gasteiger partial charge in [0.1, 0.15) is 48.8 Å². The molecule has 2 heterocycles. The van der Waals surface area contributed by atoms with Crippen LogP contribution in [0.3, 0.4) is 0 Å². The molecule has 0 saturated carbocycles. The van der Waals surface area contributed by atoms with Gasteiger partial charge >= 0.3 is 0 Å². The van der Waals surface area contributed by atoms with Crippen LogP contribution in [0.1, 0.15) is 309 Å². The lowest BCUT2D eigenvalue weighted by Crippen LogP contribution is -2.65. The summed E-state index contributed by atoms with van der Waals surface area (Å²) in [7, 11) is 0. The average molecular weight is 1190 g/mol. The summed E-state index contributed by atoms with van der Waals surface area (Å²) in [6.07, 6.45) is 53.3. The Morgan fingerprint density at radius 1 is 0.429 bits per heavy atom. The van der Waals surface area contributed by atoms with E-state index in [1.54, 1.807) is 6.08 Å². The second-order valence-corrected chi connectivity index (χ2v) is 25.0. The normalized spacial score (nSPS) is 23.8. The van der Waals surface area contributed by atoms with E-state index in [0.717, 1.165) is 44.9 Å². The van der Waals surface area contributed by atoms with E-state index in [-0.39, 0.29) is 18.9 Å². The maximum atomic E-state index is 13.3. The Morgan fingerprint density at radius 2 is 0.786 bits per heavy atom. The van der Waals surface area contributed by atoms with E-state index in [1.165, 1.54) is 238 Å². The maximum Gasteiger partial charge on any atom is 0.220 e. The van der Waals surface area contributed by atoms with Gasteiger partial charge < -0.3 is 65.1 Å². The zero-order valence-corrected chi connectivity index (χ0v) is 53.7. The first-order valence-electron chi connectivity index (χ1n) is 35.2. The van der Waals surface area contributed by atoms with Crippen molar-refractivity contribution in [3.8, 4) is 0 Å². The van der Waals surface area contributed by atoms with Gasteiger partial charge in [-0.2, -0.15) is 0 Å². The molecule has 9 N–H and O–H groups in total. The molecule has 2 rings (SSSR count). The fourth-order valence-electron chi connectivity index (χ4n) is 11.7. The third kappa shape index (κ3) is 39.3. The quantitative estimate of drug-likeness (QED) is 0.0204. The molecule has 0 spiro atoms. The van der Waals surface area contributed by atoms with E-state index in [4.69, 9.17) is 18.9 Å². The molecule has 84 heavy (non-hydrogen) atoms. The van der Waals surface area contributed by atoms with Gasteiger partial charge in [-0.05, 0) is 51.4 Å². The summed E-state index contributed by atoms with van der Waals surface area (Å²) in [5, 5.41) is 87.5. The summed E-state index contributed by atoms with van der Waals surface area (Å²) in [4.78, 5) is 13.3. The van der Waals surface area contributed by atoms with Gasteiger partial charge in [-0.1, -0.05) is 288 Å². The monoisotopic (exact) mass is 1190 g/mol. The third-order valence-electron chi connectivity index (χ3n) is 17.3. The molecule has 2 aliphatic rings. The van der Waals surface area contributed by atoms with Crippen molar-refractivity contribution in [2.75, 3.05) is 19.8 Å². The molecule has 0 bridgehead atoms. The number of nitrogens with one attached hydrogen (secondary N) is 1. The number of hydrogen-bond acceptors (Lipinski definition) is 13. The topological polar surface area (TPSA) is 228 Å². The highest BCUT2D eigenvalue weighted by molar-refractivity contribution is 5.76. The molecule has 2 fully saturated rings. The first kappa shape index (κ1) is 78.3. The van der Waals surface area contributed by atoms with Crippen LogP contribution in [-0.4, -0.2) is 140 Å². The van der Waals surface area contributed by atoms with E-state index in [1.807, 2.05) is 6.08 Å². The molecule has 0 aromatic rings. The highest BCUT2D eigenvalue weighted by Crippen LogP contribution is 2.30. The van der Waals surface area contributed by atoms with Crippen LogP contribution in [-0.2, 0) is 23.7 Å². The van der Waals surface area contributed by atoms with Crippen molar-refractivity contribution in [2.24, 2.45) is 0 Å². The second kappa shape index (κ2) is 55.3. The molecule has 12 unspecified atom stereocenters. The van der Waals surface area contributed by atoms with Crippen LogP contribution >= 0.6 is 0 Å². The third-order valence-corrected chi connectivity index (χ3v) is 17.3. The summed E-state index contributed by atoms with van der Waals surface area (Å²) in [5.41, 5.74) is 0. The van der Waals surface area contributed by atoms with Crippen LogP contribution < -0.4 is 5.32 Å². The maximum absolute atomic E-state index is 13.3. The molecule has 2 aliphatic heterocycles. The molecule has 1 amide bonds. The van der Waals surface area contributed by atoms with Crippen LogP contribution in [0.4, 0.5) is 0 Å². The van der Waals surface area contributed by atoms with Crippen molar-refractivity contribution in [1.29, 1.82) is 0 Å². The van der Waals surface area contributed by atoms with E-state index >= 15 is 0 Å². The number of unbranched alkanes of at least 4 members (excludes halogenated alkanes) is 41. The predicted molar refractivity (Wildman–Crippen MR) is 341 cm³/mol. The molecule has 0 aliphatic carbocycles. The minimum absolute atomic E-state index is 0.236. The van der Waals surface area contributed by atoms with Gasteiger partial charge in [0.15, 0.2) is 12.6 Å². The van der Waals surface area contributed by atoms with Crippen LogP contribution in [0.25, 0.3) is 0 Å². The smallest absolute Gasteiger partial charge is 0.220 e. The number of allylic oxidation sites excluding steroid dienone is 5. The van der Waals surface area contributed by atoms with Crippen molar-refractivity contribution in [3.05, 3.63) is 36.5 Å². The largest absolute Gasteiger partial charge is 0.394 e. The molecule has 14 nitrogen and oxygen atoms in total. The SMILES string of the molecule is CCCCCCC/C=C\C/C=C\CCCCCCCCCCCCCCCC(=O)NC(COC1OC(CO)C(OC2OC(CO)C(O)C(O)C2O)C(O)C1O)C(O)/C=C/CCCCCCCCCCCCCCCCCCCCCCCCC. The average Bonchev–Trinajstić information content (AvgIpc) is 3.18.